The zero-order chi connectivity index (χ0) is 25.7. The molecule has 1 aliphatic heterocycles. The molecule has 0 saturated carbocycles. The lowest BCUT2D eigenvalue weighted by Crippen LogP contribution is -2.47. The summed E-state index contributed by atoms with van der Waals surface area (Å²) in [5.41, 5.74) is 3.25. The molecule has 0 bridgehead atoms. The molecule has 5 heteroatoms. The highest BCUT2D eigenvalue weighted by atomic mass is 19.4. The molecule has 4 aromatic rings. The van der Waals surface area contributed by atoms with Crippen LogP contribution in [0.1, 0.15) is 28.2 Å². The van der Waals surface area contributed by atoms with Crippen molar-refractivity contribution in [2.24, 2.45) is 5.92 Å². The highest BCUT2D eigenvalue weighted by Gasteiger charge is 2.51. The highest BCUT2D eigenvalue weighted by Crippen LogP contribution is 2.48. The van der Waals surface area contributed by atoms with Gasteiger partial charge >= 0.3 is 6.18 Å². The Morgan fingerprint density at radius 3 is 1.57 bits per heavy atom. The van der Waals surface area contributed by atoms with Gasteiger partial charge in [0.15, 0.2) is 6.23 Å². The van der Waals surface area contributed by atoms with Crippen molar-refractivity contribution in [2.75, 3.05) is 0 Å². The number of halogens is 3. The fourth-order valence-corrected chi connectivity index (χ4v) is 4.97. The number of allylic oxidation sites excluding steroid dienone is 1. The summed E-state index contributed by atoms with van der Waals surface area (Å²) in [5.74, 6) is -2.40. The minimum absolute atomic E-state index is 0.256. The first-order chi connectivity index (χ1) is 18.0. The largest absolute Gasteiger partial charge is 0.474 e. The third-order valence-electron chi connectivity index (χ3n) is 6.71. The molecule has 37 heavy (non-hydrogen) atoms. The van der Waals surface area contributed by atoms with E-state index in [9.17, 15) is 13.2 Å². The Morgan fingerprint density at radius 2 is 1.08 bits per heavy atom. The van der Waals surface area contributed by atoms with E-state index < -0.39 is 24.2 Å². The number of rotatable bonds is 7. The van der Waals surface area contributed by atoms with Gasteiger partial charge in [-0.2, -0.15) is 13.2 Å². The highest BCUT2D eigenvalue weighted by molar-refractivity contribution is 5.61. The Kier molecular flexibility index (Phi) is 7.42. The SMILES string of the molecule is FC(F)(F)[C@@H]1C=C(c2ccccc2)O[C@H](N(Cc2ccccc2)Cc2ccccc2)[C@H]1c1ccccc1. The Morgan fingerprint density at radius 1 is 0.622 bits per heavy atom. The van der Waals surface area contributed by atoms with Gasteiger partial charge in [0.1, 0.15) is 5.76 Å². The summed E-state index contributed by atoms with van der Waals surface area (Å²) in [5, 5.41) is 0. The van der Waals surface area contributed by atoms with Gasteiger partial charge in [-0.25, -0.2) is 0 Å². The fourth-order valence-electron chi connectivity index (χ4n) is 4.97. The topological polar surface area (TPSA) is 12.5 Å². The molecule has 1 heterocycles. The van der Waals surface area contributed by atoms with Crippen molar-refractivity contribution in [3.8, 4) is 0 Å². The average molecular weight is 500 g/mol. The first kappa shape index (κ1) is 24.8. The number of nitrogens with zero attached hydrogens (tertiary/aromatic N) is 1. The lowest BCUT2D eigenvalue weighted by atomic mass is 9.80. The second-order valence-corrected chi connectivity index (χ2v) is 9.29. The molecule has 5 rings (SSSR count). The fraction of sp³-hybridized carbons (Fsp3) is 0.188. The maximum absolute atomic E-state index is 14.7. The molecular weight excluding hydrogens is 471 g/mol. The van der Waals surface area contributed by atoms with E-state index in [1.54, 1.807) is 36.4 Å². The van der Waals surface area contributed by atoms with Gasteiger partial charge < -0.3 is 4.74 Å². The summed E-state index contributed by atoms with van der Waals surface area (Å²) < 4.78 is 50.8. The molecule has 1 aliphatic rings. The molecule has 188 valence electrons. The van der Waals surface area contributed by atoms with Crippen LogP contribution in [-0.4, -0.2) is 17.3 Å². The van der Waals surface area contributed by atoms with Crippen LogP contribution in [0.15, 0.2) is 127 Å². The maximum atomic E-state index is 14.7. The van der Waals surface area contributed by atoms with Crippen LogP contribution < -0.4 is 0 Å². The first-order valence-corrected chi connectivity index (χ1v) is 12.4. The summed E-state index contributed by atoms with van der Waals surface area (Å²) in [6.07, 6.45) is -4.05. The van der Waals surface area contributed by atoms with E-state index in [1.165, 1.54) is 6.08 Å². The molecule has 0 saturated heterocycles. The van der Waals surface area contributed by atoms with Gasteiger partial charge in [0.25, 0.3) is 0 Å². The zero-order valence-corrected chi connectivity index (χ0v) is 20.3. The van der Waals surface area contributed by atoms with Crippen LogP contribution in [0, 0.1) is 5.92 Å². The summed E-state index contributed by atoms with van der Waals surface area (Å²) in [7, 11) is 0. The molecule has 0 amide bonds. The number of alkyl halides is 3. The lowest BCUT2D eigenvalue weighted by Gasteiger charge is -2.44. The van der Waals surface area contributed by atoms with Crippen molar-refractivity contribution in [3.05, 3.63) is 150 Å². The predicted octanol–water partition coefficient (Wildman–Crippen LogP) is 8.05. The van der Waals surface area contributed by atoms with Crippen molar-refractivity contribution in [1.82, 2.24) is 4.90 Å². The van der Waals surface area contributed by atoms with Crippen molar-refractivity contribution in [3.63, 3.8) is 0 Å². The third kappa shape index (κ3) is 5.95. The van der Waals surface area contributed by atoms with Gasteiger partial charge in [0, 0.05) is 18.7 Å². The van der Waals surface area contributed by atoms with E-state index in [4.69, 9.17) is 4.74 Å². The lowest BCUT2D eigenvalue weighted by molar-refractivity contribution is -0.188. The Bertz CT molecular complexity index is 1250. The van der Waals surface area contributed by atoms with Gasteiger partial charge in [-0.15, -0.1) is 0 Å². The molecule has 4 aromatic carbocycles. The molecule has 0 unspecified atom stereocenters. The normalized spacial score (nSPS) is 19.8. The van der Waals surface area contributed by atoms with Crippen LogP contribution in [0.2, 0.25) is 0 Å². The van der Waals surface area contributed by atoms with Crippen LogP contribution in [0.25, 0.3) is 5.76 Å². The van der Waals surface area contributed by atoms with Crippen LogP contribution in [0.3, 0.4) is 0 Å². The standard InChI is InChI=1S/C32H28F3NO/c33-32(34,35)28-21-29(26-17-9-3-10-18-26)37-31(30(28)27-19-11-4-12-20-27)36(22-24-13-5-1-6-14-24)23-25-15-7-2-8-16-25/h1-21,28,30-31H,22-23H2/t28-,30+,31+/m1/s1. The van der Waals surface area contributed by atoms with Gasteiger partial charge in [0.2, 0.25) is 0 Å². The monoisotopic (exact) mass is 499 g/mol. The summed E-state index contributed by atoms with van der Waals surface area (Å²) in [4.78, 5) is 2.02. The van der Waals surface area contributed by atoms with Crippen molar-refractivity contribution >= 4 is 5.76 Å². The van der Waals surface area contributed by atoms with Gasteiger partial charge in [0.05, 0.1) is 11.8 Å². The molecule has 0 radical (unpaired) electrons. The van der Waals surface area contributed by atoms with Gasteiger partial charge in [-0.1, -0.05) is 121 Å². The van der Waals surface area contributed by atoms with Crippen molar-refractivity contribution < 1.29 is 17.9 Å². The molecular formula is C32H28F3NO. The zero-order valence-electron chi connectivity index (χ0n) is 20.3. The van der Waals surface area contributed by atoms with E-state index in [0.717, 1.165) is 11.1 Å². The van der Waals surface area contributed by atoms with Crippen LogP contribution in [-0.2, 0) is 17.8 Å². The molecule has 0 aromatic heterocycles. The minimum atomic E-state index is -4.45. The first-order valence-electron chi connectivity index (χ1n) is 12.4. The molecule has 0 fully saturated rings. The van der Waals surface area contributed by atoms with Gasteiger partial charge in [-0.05, 0) is 22.8 Å². The predicted molar refractivity (Wildman–Crippen MR) is 140 cm³/mol. The maximum Gasteiger partial charge on any atom is 0.396 e. The third-order valence-corrected chi connectivity index (χ3v) is 6.71. The molecule has 0 N–H and O–H groups in total. The van der Waals surface area contributed by atoms with Crippen molar-refractivity contribution in [1.29, 1.82) is 0 Å². The molecule has 2 nitrogen and oxygen atoms in total. The number of benzene rings is 4. The van der Waals surface area contributed by atoms with E-state index in [-0.39, 0.29) is 5.76 Å². The Balaban J connectivity index is 1.64. The van der Waals surface area contributed by atoms with Crippen LogP contribution in [0.4, 0.5) is 13.2 Å². The number of hydrogen-bond acceptors (Lipinski definition) is 2. The molecule has 3 atom stereocenters. The summed E-state index contributed by atoms with van der Waals surface area (Å²) >= 11 is 0. The van der Waals surface area contributed by atoms with Crippen LogP contribution >= 0.6 is 0 Å². The van der Waals surface area contributed by atoms with E-state index in [2.05, 4.69) is 0 Å². The average Bonchev–Trinajstić information content (AvgIpc) is 2.93. The van der Waals surface area contributed by atoms with Gasteiger partial charge in [-0.3, -0.25) is 4.90 Å². The molecule has 0 spiro atoms. The Hall–Kier alpha value is -3.83. The smallest absolute Gasteiger partial charge is 0.396 e. The van der Waals surface area contributed by atoms with Crippen molar-refractivity contribution in [2.45, 2.75) is 31.4 Å². The second-order valence-electron chi connectivity index (χ2n) is 9.29. The number of ether oxygens (including phenoxy) is 1. The van der Waals surface area contributed by atoms with E-state index >= 15 is 0 Å². The molecule has 0 aliphatic carbocycles. The van der Waals surface area contributed by atoms with E-state index in [1.807, 2.05) is 89.8 Å². The summed E-state index contributed by atoms with van der Waals surface area (Å²) in [6.45, 7) is 0.882. The Labute approximate surface area is 215 Å². The van der Waals surface area contributed by atoms with E-state index in [0.29, 0.717) is 24.2 Å². The number of hydrogen-bond donors (Lipinski definition) is 0. The van der Waals surface area contributed by atoms with Crippen LogP contribution in [0.5, 0.6) is 0 Å². The summed E-state index contributed by atoms with van der Waals surface area (Å²) in [6, 6.07) is 37.6. The minimum Gasteiger partial charge on any atom is -0.474 e. The second kappa shape index (κ2) is 11.1. The quantitative estimate of drug-likeness (QED) is 0.255.